The summed E-state index contributed by atoms with van der Waals surface area (Å²) in [6.45, 7) is 4.03. The number of rotatable bonds is 3. The van der Waals surface area contributed by atoms with Crippen molar-refractivity contribution < 1.29 is 4.74 Å². The second-order valence-electron chi connectivity index (χ2n) is 3.73. The van der Waals surface area contributed by atoms with E-state index in [9.17, 15) is 0 Å². The van der Waals surface area contributed by atoms with Gasteiger partial charge in [0.1, 0.15) is 6.10 Å². The van der Waals surface area contributed by atoms with Crippen molar-refractivity contribution in [1.82, 2.24) is 5.32 Å². The highest BCUT2D eigenvalue weighted by Crippen LogP contribution is 2.38. The van der Waals surface area contributed by atoms with E-state index < -0.39 is 0 Å². The molecular formula is C11H17NOS. The molecule has 0 fully saturated rings. The second kappa shape index (κ2) is 4.43. The van der Waals surface area contributed by atoms with Crippen LogP contribution in [0.2, 0.25) is 0 Å². The Morgan fingerprint density at radius 2 is 2.50 bits per heavy atom. The number of fused-ring (bicyclic) bond motifs is 1. The normalized spacial score (nSPS) is 26.1. The van der Waals surface area contributed by atoms with E-state index in [2.05, 4.69) is 23.7 Å². The maximum Gasteiger partial charge on any atom is 0.104 e. The van der Waals surface area contributed by atoms with E-state index >= 15 is 0 Å². The van der Waals surface area contributed by atoms with Gasteiger partial charge in [-0.1, -0.05) is 6.92 Å². The van der Waals surface area contributed by atoms with Gasteiger partial charge in [-0.2, -0.15) is 0 Å². The molecule has 2 nitrogen and oxygen atoms in total. The summed E-state index contributed by atoms with van der Waals surface area (Å²) in [6.07, 6.45) is 1.45. The SMILES string of the molecule is CCC1COC(CNC)c2sccc21. The predicted octanol–water partition coefficient (Wildman–Crippen LogP) is 2.53. The van der Waals surface area contributed by atoms with Crippen molar-refractivity contribution >= 4 is 11.3 Å². The summed E-state index contributed by atoms with van der Waals surface area (Å²) in [7, 11) is 1.97. The van der Waals surface area contributed by atoms with Crippen LogP contribution in [0, 0.1) is 0 Å². The molecule has 1 N–H and O–H groups in total. The first-order chi connectivity index (χ1) is 6.86. The third-order valence-corrected chi connectivity index (χ3v) is 3.86. The maximum absolute atomic E-state index is 5.85. The lowest BCUT2D eigenvalue weighted by Gasteiger charge is -2.28. The van der Waals surface area contributed by atoms with E-state index in [4.69, 9.17) is 4.74 Å². The number of hydrogen-bond acceptors (Lipinski definition) is 3. The first-order valence-electron chi connectivity index (χ1n) is 5.20. The monoisotopic (exact) mass is 211 g/mol. The van der Waals surface area contributed by atoms with Crippen LogP contribution in [0.25, 0.3) is 0 Å². The third-order valence-electron chi connectivity index (χ3n) is 2.84. The summed E-state index contributed by atoms with van der Waals surface area (Å²) in [4.78, 5) is 1.43. The van der Waals surface area contributed by atoms with E-state index in [0.717, 1.165) is 13.2 Å². The van der Waals surface area contributed by atoms with Gasteiger partial charge in [-0.05, 0) is 30.5 Å². The fourth-order valence-corrected chi connectivity index (χ4v) is 3.04. The molecule has 0 aromatic carbocycles. The minimum absolute atomic E-state index is 0.276. The minimum atomic E-state index is 0.276. The Morgan fingerprint density at radius 3 is 3.21 bits per heavy atom. The highest BCUT2D eigenvalue weighted by Gasteiger charge is 2.27. The van der Waals surface area contributed by atoms with Gasteiger partial charge in [0.05, 0.1) is 6.61 Å². The molecule has 0 radical (unpaired) electrons. The Labute approximate surface area is 89.3 Å². The van der Waals surface area contributed by atoms with E-state index in [0.29, 0.717) is 5.92 Å². The van der Waals surface area contributed by atoms with Crippen LogP contribution < -0.4 is 5.32 Å². The summed E-state index contributed by atoms with van der Waals surface area (Å²) in [5.74, 6) is 0.615. The van der Waals surface area contributed by atoms with Crippen LogP contribution in [0.5, 0.6) is 0 Å². The zero-order valence-electron chi connectivity index (χ0n) is 8.75. The molecule has 14 heavy (non-hydrogen) atoms. The molecule has 2 rings (SSSR count). The first-order valence-corrected chi connectivity index (χ1v) is 6.08. The number of thiophene rings is 1. The van der Waals surface area contributed by atoms with Crippen LogP contribution in [-0.4, -0.2) is 20.2 Å². The summed E-state index contributed by atoms with van der Waals surface area (Å²) in [6, 6.07) is 2.26. The maximum atomic E-state index is 5.85. The topological polar surface area (TPSA) is 21.3 Å². The van der Waals surface area contributed by atoms with Crippen LogP contribution in [0.3, 0.4) is 0 Å². The average molecular weight is 211 g/mol. The third kappa shape index (κ3) is 1.72. The van der Waals surface area contributed by atoms with Gasteiger partial charge in [0, 0.05) is 17.3 Å². The first kappa shape index (κ1) is 10.1. The van der Waals surface area contributed by atoms with Crippen LogP contribution >= 0.6 is 11.3 Å². The lowest BCUT2D eigenvalue weighted by atomic mass is 9.94. The van der Waals surface area contributed by atoms with Crippen molar-refractivity contribution in [3.63, 3.8) is 0 Å². The lowest BCUT2D eigenvalue weighted by Crippen LogP contribution is -2.26. The molecule has 2 unspecified atom stereocenters. The number of hydrogen-bond donors (Lipinski definition) is 1. The van der Waals surface area contributed by atoms with Gasteiger partial charge in [-0.3, -0.25) is 0 Å². The van der Waals surface area contributed by atoms with E-state index in [1.807, 2.05) is 18.4 Å². The van der Waals surface area contributed by atoms with Crippen molar-refractivity contribution in [2.24, 2.45) is 0 Å². The molecular weight excluding hydrogens is 194 g/mol. The van der Waals surface area contributed by atoms with Crippen LogP contribution in [0.1, 0.15) is 35.8 Å². The number of ether oxygens (including phenoxy) is 1. The average Bonchev–Trinajstić information content (AvgIpc) is 2.67. The molecule has 78 valence electrons. The van der Waals surface area contributed by atoms with Crippen molar-refractivity contribution in [2.75, 3.05) is 20.2 Å². The smallest absolute Gasteiger partial charge is 0.104 e. The Bertz CT molecular complexity index is 297. The zero-order valence-corrected chi connectivity index (χ0v) is 9.56. The summed E-state index contributed by atoms with van der Waals surface area (Å²) >= 11 is 1.83. The zero-order chi connectivity index (χ0) is 9.97. The largest absolute Gasteiger partial charge is 0.371 e. The molecule has 1 aliphatic heterocycles. The quantitative estimate of drug-likeness (QED) is 0.829. The van der Waals surface area contributed by atoms with Crippen LogP contribution in [-0.2, 0) is 4.74 Å². The van der Waals surface area contributed by atoms with Crippen molar-refractivity contribution in [3.05, 3.63) is 21.9 Å². The Morgan fingerprint density at radius 1 is 1.64 bits per heavy atom. The molecule has 0 aliphatic carbocycles. The van der Waals surface area contributed by atoms with Gasteiger partial charge < -0.3 is 10.1 Å². The predicted molar refractivity (Wildman–Crippen MR) is 60.0 cm³/mol. The number of nitrogens with one attached hydrogen (secondary N) is 1. The van der Waals surface area contributed by atoms with Gasteiger partial charge in [0.25, 0.3) is 0 Å². The molecule has 0 spiro atoms. The molecule has 1 aromatic heterocycles. The molecule has 2 heterocycles. The molecule has 3 heteroatoms. The second-order valence-corrected chi connectivity index (χ2v) is 4.67. The van der Waals surface area contributed by atoms with Gasteiger partial charge in [0.15, 0.2) is 0 Å². The van der Waals surface area contributed by atoms with E-state index in [1.54, 1.807) is 0 Å². The van der Waals surface area contributed by atoms with Gasteiger partial charge in [0.2, 0.25) is 0 Å². The summed E-state index contributed by atoms with van der Waals surface area (Å²) < 4.78 is 5.85. The molecule has 0 bridgehead atoms. The van der Waals surface area contributed by atoms with Crippen molar-refractivity contribution in [1.29, 1.82) is 0 Å². The van der Waals surface area contributed by atoms with Crippen molar-refractivity contribution in [3.8, 4) is 0 Å². The molecule has 0 amide bonds. The molecule has 1 aromatic rings. The molecule has 0 saturated heterocycles. The highest BCUT2D eigenvalue weighted by molar-refractivity contribution is 7.10. The summed E-state index contributed by atoms with van der Waals surface area (Å²) in [5.41, 5.74) is 1.52. The Kier molecular flexibility index (Phi) is 3.21. The van der Waals surface area contributed by atoms with Crippen LogP contribution in [0.4, 0.5) is 0 Å². The number of likely N-dealkylation sites (N-methyl/N-ethyl adjacent to an activating group) is 1. The van der Waals surface area contributed by atoms with Crippen LogP contribution in [0.15, 0.2) is 11.4 Å². The van der Waals surface area contributed by atoms with Gasteiger partial charge in [-0.25, -0.2) is 0 Å². The van der Waals surface area contributed by atoms with E-state index in [1.165, 1.54) is 16.9 Å². The molecule has 0 saturated carbocycles. The molecule has 1 aliphatic rings. The van der Waals surface area contributed by atoms with Crippen molar-refractivity contribution in [2.45, 2.75) is 25.4 Å². The molecule has 2 atom stereocenters. The fraction of sp³-hybridized carbons (Fsp3) is 0.636. The Hall–Kier alpha value is -0.380. The lowest BCUT2D eigenvalue weighted by molar-refractivity contribution is 0.0313. The standard InChI is InChI=1S/C11H17NOS/c1-3-8-7-13-10(6-12-2)11-9(8)4-5-14-11/h4-5,8,10,12H,3,6-7H2,1-2H3. The Balaban J connectivity index is 2.23. The van der Waals surface area contributed by atoms with Gasteiger partial charge in [-0.15, -0.1) is 11.3 Å². The van der Waals surface area contributed by atoms with Gasteiger partial charge >= 0.3 is 0 Å². The minimum Gasteiger partial charge on any atom is -0.371 e. The van der Waals surface area contributed by atoms with E-state index in [-0.39, 0.29) is 6.10 Å². The summed E-state index contributed by atoms with van der Waals surface area (Å²) in [5, 5.41) is 5.37. The fourth-order valence-electron chi connectivity index (χ4n) is 2.00. The highest BCUT2D eigenvalue weighted by atomic mass is 32.1.